The number of hydrogen-bond acceptors (Lipinski definition) is 4. The van der Waals surface area contributed by atoms with Gasteiger partial charge in [0, 0.05) is 28.5 Å². The Labute approximate surface area is 143 Å². The quantitative estimate of drug-likeness (QED) is 0.765. The number of ether oxygens (including phenoxy) is 1. The lowest BCUT2D eigenvalue weighted by atomic mass is 10.1. The molecule has 0 radical (unpaired) electrons. The van der Waals surface area contributed by atoms with Crippen LogP contribution in [0.25, 0.3) is 10.1 Å². The average Bonchev–Trinajstić information content (AvgIpc) is 2.93. The molecule has 24 heavy (non-hydrogen) atoms. The summed E-state index contributed by atoms with van der Waals surface area (Å²) in [5.74, 6) is -0.582. The molecule has 0 aliphatic heterocycles. The van der Waals surface area contributed by atoms with Gasteiger partial charge in [0.05, 0.1) is 23.7 Å². The summed E-state index contributed by atoms with van der Waals surface area (Å²) < 4.78 is 20.1. The third kappa shape index (κ3) is 3.29. The van der Waals surface area contributed by atoms with Gasteiger partial charge >= 0.3 is 0 Å². The van der Waals surface area contributed by atoms with Crippen LogP contribution in [-0.4, -0.2) is 18.0 Å². The SMILES string of the molecule is COCc1c(C(=O)NCc2cccc(C)n2)sc2cccc(F)c12. The molecule has 0 saturated carbocycles. The van der Waals surface area contributed by atoms with E-state index in [1.54, 1.807) is 12.1 Å². The first-order valence-electron chi connectivity index (χ1n) is 7.49. The minimum absolute atomic E-state index is 0.187. The second-order valence-electron chi connectivity index (χ2n) is 5.41. The van der Waals surface area contributed by atoms with Gasteiger partial charge in [-0.2, -0.15) is 0 Å². The lowest BCUT2D eigenvalue weighted by Crippen LogP contribution is -2.23. The number of aryl methyl sites for hydroxylation is 1. The number of thiophene rings is 1. The Bertz CT molecular complexity index is 892. The predicted octanol–water partition coefficient (Wildman–Crippen LogP) is 3.82. The van der Waals surface area contributed by atoms with E-state index in [4.69, 9.17) is 4.74 Å². The van der Waals surface area contributed by atoms with Crippen molar-refractivity contribution in [2.75, 3.05) is 7.11 Å². The first-order chi connectivity index (χ1) is 11.6. The number of rotatable bonds is 5. The lowest BCUT2D eigenvalue weighted by molar-refractivity contribution is 0.0950. The Morgan fingerprint density at radius 2 is 2.08 bits per heavy atom. The molecule has 0 unspecified atom stereocenters. The molecule has 0 aliphatic rings. The van der Waals surface area contributed by atoms with Gasteiger partial charge in [-0.25, -0.2) is 4.39 Å². The summed E-state index contributed by atoms with van der Waals surface area (Å²) in [7, 11) is 1.53. The highest BCUT2D eigenvalue weighted by atomic mass is 32.1. The summed E-state index contributed by atoms with van der Waals surface area (Å²) in [5, 5.41) is 3.31. The van der Waals surface area contributed by atoms with Gasteiger partial charge in [0.15, 0.2) is 0 Å². The van der Waals surface area contributed by atoms with E-state index >= 15 is 0 Å². The molecule has 2 heterocycles. The van der Waals surface area contributed by atoms with Crippen LogP contribution in [0.3, 0.4) is 0 Å². The number of aromatic nitrogens is 1. The van der Waals surface area contributed by atoms with E-state index in [2.05, 4.69) is 10.3 Å². The Hall–Kier alpha value is -2.31. The number of carbonyl (C=O) groups is 1. The number of benzene rings is 1. The maximum Gasteiger partial charge on any atom is 0.262 e. The fourth-order valence-electron chi connectivity index (χ4n) is 2.58. The molecule has 124 valence electrons. The highest BCUT2D eigenvalue weighted by Gasteiger charge is 2.20. The highest BCUT2D eigenvalue weighted by molar-refractivity contribution is 7.21. The standard InChI is InChI=1S/C18H17FN2O2S/c1-11-5-3-6-12(21-11)9-20-18(22)17-13(10-23-2)16-14(19)7-4-8-15(16)24-17/h3-8H,9-10H2,1-2H3,(H,20,22). The van der Waals surface area contributed by atoms with Gasteiger partial charge in [-0.15, -0.1) is 11.3 Å². The monoisotopic (exact) mass is 344 g/mol. The fraction of sp³-hybridized carbons (Fsp3) is 0.222. The first-order valence-corrected chi connectivity index (χ1v) is 8.31. The number of nitrogens with zero attached hydrogens (tertiary/aromatic N) is 1. The molecule has 4 nitrogen and oxygen atoms in total. The number of halogens is 1. The van der Waals surface area contributed by atoms with Gasteiger partial charge < -0.3 is 10.1 Å². The minimum Gasteiger partial charge on any atom is -0.380 e. The largest absolute Gasteiger partial charge is 0.380 e. The second-order valence-corrected chi connectivity index (χ2v) is 6.46. The lowest BCUT2D eigenvalue weighted by Gasteiger charge is -2.06. The van der Waals surface area contributed by atoms with E-state index in [1.807, 2.05) is 25.1 Å². The van der Waals surface area contributed by atoms with Crippen LogP contribution in [0.5, 0.6) is 0 Å². The second kappa shape index (κ2) is 7.07. The summed E-state index contributed by atoms with van der Waals surface area (Å²) in [6, 6.07) is 10.5. The number of hydrogen-bond donors (Lipinski definition) is 1. The number of pyridine rings is 1. The molecular formula is C18H17FN2O2S. The van der Waals surface area contributed by atoms with Crippen molar-refractivity contribution in [2.24, 2.45) is 0 Å². The molecule has 3 aromatic rings. The molecule has 1 aromatic carbocycles. The maximum absolute atomic E-state index is 14.2. The molecule has 0 atom stereocenters. The fourth-order valence-corrected chi connectivity index (χ4v) is 3.72. The van der Waals surface area contributed by atoms with Gasteiger partial charge in [-0.1, -0.05) is 12.1 Å². The number of fused-ring (bicyclic) bond motifs is 1. The third-order valence-corrected chi connectivity index (χ3v) is 4.83. The van der Waals surface area contributed by atoms with Crippen LogP contribution in [0.4, 0.5) is 4.39 Å². The Kier molecular flexibility index (Phi) is 4.87. The zero-order valence-electron chi connectivity index (χ0n) is 13.4. The third-order valence-electron chi connectivity index (χ3n) is 3.63. The van der Waals surface area contributed by atoms with E-state index in [-0.39, 0.29) is 18.3 Å². The summed E-state index contributed by atoms with van der Waals surface area (Å²) in [6.45, 7) is 2.41. The molecule has 2 aromatic heterocycles. The Morgan fingerprint density at radius 3 is 2.83 bits per heavy atom. The van der Waals surface area contributed by atoms with Crippen molar-refractivity contribution in [1.29, 1.82) is 0 Å². The van der Waals surface area contributed by atoms with Crippen molar-refractivity contribution >= 4 is 27.3 Å². The van der Waals surface area contributed by atoms with E-state index in [0.717, 1.165) is 16.1 Å². The van der Waals surface area contributed by atoms with Gasteiger partial charge in [-0.3, -0.25) is 9.78 Å². The topological polar surface area (TPSA) is 51.2 Å². The number of nitrogens with one attached hydrogen (secondary N) is 1. The molecule has 0 saturated heterocycles. The van der Waals surface area contributed by atoms with Crippen LogP contribution < -0.4 is 5.32 Å². The first kappa shape index (κ1) is 16.5. The molecule has 0 aliphatic carbocycles. The van der Waals surface area contributed by atoms with Gasteiger partial charge in [0.25, 0.3) is 5.91 Å². The van der Waals surface area contributed by atoms with Crippen LogP contribution in [0, 0.1) is 12.7 Å². The van der Waals surface area contributed by atoms with Crippen LogP contribution in [0.2, 0.25) is 0 Å². The number of amides is 1. The van der Waals surface area contributed by atoms with E-state index in [0.29, 0.717) is 22.4 Å². The van der Waals surface area contributed by atoms with Crippen LogP contribution in [0.15, 0.2) is 36.4 Å². The molecule has 1 N–H and O–H groups in total. The molecule has 0 bridgehead atoms. The smallest absolute Gasteiger partial charge is 0.262 e. The van der Waals surface area contributed by atoms with Crippen LogP contribution >= 0.6 is 11.3 Å². The van der Waals surface area contributed by atoms with Crippen molar-refractivity contribution < 1.29 is 13.9 Å². The minimum atomic E-state index is -0.338. The van der Waals surface area contributed by atoms with Crippen LogP contribution in [-0.2, 0) is 17.9 Å². The molecular weight excluding hydrogens is 327 g/mol. The number of methoxy groups -OCH3 is 1. The Balaban J connectivity index is 1.89. The van der Waals surface area contributed by atoms with Gasteiger partial charge in [-0.05, 0) is 31.2 Å². The van der Waals surface area contributed by atoms with Gasteiger partial charge in [0.1, 0.15) is 5.82 Å². The van der Waals surface area contributed by atoms with Crippen molar-refractivity contribution in [3.05, 3.63) is 64.0 Å². The van der Waals surface area contributed by atoms with E-state index in [1.165, 1.54) is 24.5 Å². The molecule has 6 heteroatoms. The molecule has 0 fully saturated rings. The van der Waals surface area contributed by atoms with Crippen molar-refractivity contribution in [3.8, 4) is 0 Å². The van der Waals surface area contributed by atoms with Crippen molar-refractivity contribution in [1.82, 2.24) is 10.3 Å². The van der Waals surface area contributed by atoms with E-state index in [9.17, 15) is 9.18 Å². The van der Waals surface area contributed by atoms with Crippen molar-refractivity contribution in [3.63, 3.8) is 0 Å². The molecule has 0 spiro atoms. The molecule has 3 rings (SSSR count). The Morgan fingerprint density at radius 1 is 1.29 bits per heavy atom. The zero-order valence-corrected chi connectivity index (χ0v) is 14.2. The summed E-state index contributed by atoms with van der Waals surface area (Å²) in [6.07, 6.45) is 0. The summed E-state index contributed by atoms with van der Waals surface area (Å²) in [5.41, 5.74) is 2.26. The highest BCUT2D eigenvalue weighted by Crippen LogP contribution is 2.33. The zero-order chi connectivity index (χ0) is 17.1. The van der Waals surface area contributed by atoms with Gasteiger partial charge in [0.2, 0.25) is 0 Å². The van der Waals surface area contributed by atoms with E-state index < -0.39 is 0 Å². The van der Waals surface area contributed by atoms with Crippen molar-refractivity contribution in [2.45, 2.75) is 20.1 Å². The summed E-state index contributed by atoms with van der Waals surface area (Å²) in [4.78, 5) is 17.4. The summed E-state index contributed by atoms with van der Waals surface area (Å²) >= 11 is 1.27. The number of carbonyl (C=O) groups excluding carboxylic acids is 1. The maximum atomic E-state index is 14.2. The average molecular weight is 344 g/mol. The normalized spacial score (nSPS) is 11.0. The molecule has 1 amide bonds. The predicted molar refractivity (Wildman–Crippen MR) is 92.6 cm³/mol. The van der Waals surface area contributed by atoms with Crippen LogP contribution in [0.1, 0.15) is 26.6 Å².